The fourth-order valence-electron chi connectivity index (χ4n) is 2.05. The zero-order valence-electron chi connectivity index (χ0n) is 11.6. The lowest BCUT2D eigenvalue weighted by molar-refractivity contribution is 0.0935. The van der Waals surface area contributed by atoms with Gasteiger partial charge in [0.1, 0.15) is 0 Å². The molecule has 0 saturated heterocycles. The lowest BCUT2D eigenvalue weighted by Crippen LogP contribution is -2.31. The van der Waals surface area contributed by atoms with Crippen LogP contribution in [-0.4, -0.2) is 25.5 Å². The van der Waals surface area contributed by atoms with Crippen LogP contribution in [0.5, 0.6) is 0 Å². The van der Waals surface area contributed by atoms with E-state index in [1.165, 1.54) is 0 Å². The molecule has 0 amide bonds. The van der Waals surface area contributed by atoms with Crippen LogP contribution in [-0.2, 0) is 4.74 Å². The van der Waals surface area contributed by atoms with E-state index in [-0.39, 0.29) is 5.78 Å². The number of carbonyl (C=O) groups is 1. The third-order valence-electron chi connectivity index (χ3n) is 3.25. The molecule has 0 heterocycles. The van der Waals surface area contributed by atoms with E-state index in [9.17, 15) is 4.79 Å². The molecule has 2 aromatic rings. The van der Waals surface area contributed by atoms with Crippen LogP contribution in [0.25, 0.3) is 11.1 Å². The molecule has 2 aromatic carbocycles. The van der Waals surface area contributed by atoms with Gasteiger partial charge in [-0.15, -0.1) is 0 Å². The van der Waals surface area contributed by atoms with Crippen LogP contribution < -0.4 is 5.73 Å². The van der Waals surface area contributed by atoms with Crippen LogP contribution in [0.1, 0.15) is 16.8 Å². The first-order chi connectivity index (χ1) is 9.72. The van der Waals surface area contributed by atoms with Crippen molar-refractivity contribution in [3.8, 4) is 11.1 Å². The van der Waals surface area contributed by atoms with E-state index in [0.717, 1.165) is 11.1 Å². The summed E-state index contributed by atoms with van der Waals surface area (Å²) in [5.41, 5.74) is 8.73. The number of hydrogen-bond donors (Lipinski definition) is 1. The van der Waals surface area contributed by atoms with Crippen LogP contribution >= 0.6 is 0 Å². The fraction of sp³-hybridized carbons (Fsp3) is 0.235. The van der Waals surface area contributed by atoms with Gasteiger partial charge in [0.15, 0.2) is 5.78 Å². The molecule has 1 unspecified atom stereocenters. The summed E-state index contributed by atoms with van der Waals surface area (Å²) in [6, 6.07) is 17.1. The molecule has 0 fully saturated rings. The van der Waals surface area contributed by atoms with Crippen molar-refractivity contribution in [2.45, 2.75) is 12.5 Å². The third-order valence-corrected chi connectivity index (χ3v) is 3.25. The van der Waals surface area contributed by atoms with E-state index in [1.54, 1.807) is 7.11 Å². The number of ether oxygens (including phenoxy) is 1. The highest BCUT2D eigenvalue weighted by Crippen LogP contribution is 2.19. The van der Waals surface area contributed by atoms with Crippen LogP contribution in [0.2, 0.25) is 0 Å². The lowest BCUT2D eigenvalue weighted by Gasteiger charge is -2.10. The molecule has 2 rings (SSSR count). The van der Waals surface area contributed by atoms with Gasteiger partial charge in [-0.05, 0) is 17.5 Å². The standard InChI is InChI=1S/C17H19NO2/c1-20-12-11-16(18)17(19)15-9-7-14(8-10-15)13-5-3-2-4-6-13/h2-10,16H,11-12,18H2,1H3. The molecule has 0 saturated carbocycles. The minimum atomic E-state index is -0.502. The predicted octanol–water partition coefficient (Wildman–Crippen LogP) is 2.90. The molecular weight excluding hydrogens is 250 g/mol. The van der Waals surface area contributed by atoms with Gasteiger partial charge in [-0.1, -0.05) is 54.6 Å². The average molecular weight is 269 g/mol. The van der Waals surface area contributed by atoms with Crippen LogP contribution in [0.15, 0.2) is 54.6 Å². The van der Waals surface area contributed by atoms with E-state index >= 15 is 0 Å². The number of Topliss-reactive ketones (excluding diaryl/α,β-unsaturated/α-hetero) is 1. The average Bonchev–Trinajstić information content (AvgIpc) is 2.53. The summed E-state index contributed by atoms with van der Waals surface area (Å²) in [5.74, 6) is -0.0401. The zero-order valence-corrected chi connectivity index (χ0v) is 11.6. The van der Waals surface area contributed by atoms with E-state index in [1.807, 2.05) is 54.6 Å². The Bertz CT molecular complexity index is 549. The van der Waals surface area contributed by atoms with Crippen molar-refractivity contribution in [1.82, 2.24) is 0 Å². The summed E-state index contributed by atoms with van der Waals surface area (Å²) in [4.78, 5) is 12.1. The lowest BCUT2D eigenvalue weighted by atomic mass is 9.99. The van der Waals surface area contributed by atoms with E-state index in [0.29, 0.717) is 18.6 Å². The second-order valence-corrected chi connectivity index (χ2v) is 4.70. The summed E-state index contributed by atoms with van der Waals surface area (Å²) in [6.07, 6.45) is 0.537. The fourth-order valence-corrected chi connectivity index (χ4v) is 2.05. The summed E-state index contributed by atoms with van der Waals surface area (Å²) < 4.78 is 4.94. The van der Waals surface area contributed by atoms with Gasteiger partial charge in [0.2, 0.25) is 0 Å². The van der Waals surface area contributed by atoms with Crippen molar-refractivity contribution in [1.29, 1.82) is 0 Å². The van der Waals surface area contributed by atoms with E-state index in [4.69, 9.17) is 10.5 Å². The minimum absolute atomic E-state index is 0.0401. The summed E-state index contributed by atoms with van der Waals surface area (Å²) >= 11 is 0. The number of nitrogens with two attached hydrogens (primary N) is 1. The highest BCUT2D eigenvalue weighted by molar-refractivity contribution is 6.00. The SMILES string of the molecule is COCCC(N)C(=O)c1ccc(-c2ccccc2)cc1. The molecule has 0 radical (unpaired) electrons. The Morgan fingerprint density at radius 3 is 2.25 bits per heavy atom. The Morgan fingerprint density at radius 1 is 1.05 bits per heavy atom. The monoisotopic (exact) mass is 269 g/mol. The summed E-state index contributed by atoms with van der Waals surface area (Å²) in [6.45, 7) is 0.495. The zero-order chi connectivity index (χ0) is 14.4. The number of rotatable bonds is 6. The molecule has 0 bridgehead atoms. The first-order valence-corrected chi connectivity index (χ1v) is 6.66. The third kappa shape index (κ3) is 3.53. The number of ketones is 1. The molecule has 0 aliphatic heterocycles. The predicted molar refractivity (Wildman–Crippen MR) is 80.7 cm³/mol. The first-order valence-electron chi connectivity index (χ1n) is 6.66. The van der Waals surface area contributed by atoms with Gasteiger partial charge in [0.25, 0.3) is 0 Å². The molecule has 0 spiro atoms. The normalized spacial score (nSPS) is 12.1. The summed E-state index contributed by atoms with van der Waals surface area (Å²) in [5, 5.41) is 0. The van der Waals surface area contributed by atoms with Gasteiger partial charge in [-0.2, -0.15) is 0 Å². The topological polar surface area (TPSA) is 52.3 Å². The molecule has 1 atom stereocenters. The van der Waals surface area contributed by atoms with Crippen LogP contribution in [0.4, 0.5) is 0 Å². The van der Waals surface area contributed by atoms with Gasteiger partial charge in [0.05, 0.1) is 6.04 Å². The molecule has 3 heteroatoms. The number of benzene rings is 2. The Morgan fingerprint density at radius 2 is 1.65 bits per heavy atom. The Balaban J connectivity index is 2.10. The number of methoxy groups -OCH3 is 1. The number of hydrogen-bond acceptors (Lipinski definition) is 3. The number of carbonyl (C=O) groups excluding carboxylic acids is 1. The molecule has 104 valence electrons. The largest absolute Gasteiger partial charge is 0.385 e. The van der Waals surface area contributed by atoms with Crippen molar-refractivity contribution < 1.29 is 9.53 Å². The quantitative estimate of drug-likeness (QED) is 0.820. The van der Waals surface area contributed by atoms with Crippen LogP contribution in [0, 0.1) is 0 Å². The second-order valence-electron chi connectivity index (χ2n) is 4.70. The molecule has 0 aliphatic carbocycles. The van der Waals surface area contributed by atoms with Crippen molar-refractivity contribution in [2.24, 2.45) is 5.73 Å². The van der Waals surface area contributed by atoms with Crippen molar-refractivity contribution in [2.75, 3.05) is 13.7 Å². The molecule has 3 nitrogen and oxygen atoms in total. The smallest absolute Gasteiger partial charge is 0.179 e. The van der Waals surface area contributed by atoms with Crippen molar-refractivity contribution >= 4 is 5.78 Å². The molecular formula is C17H19NO2. The molecule has 0 aromatic heterocycles. The maximum absolute atomic E-state index is 12.1. The maximum atomic E-state index is 12.1. The van der Waals surface area contributed by atoms with Crippen LogP contribution in [0.3, 0.4) is 0 Å². The van der Waals surface area contributed by atoms with Crippen molar-refractivity contribution in [3.63, 3.8) is 0 Å². The van der Waals surface area contributed by atoms with Gasteiger partial charge >= 0.3 is 0 Å². The van der Waals surface area contributed by atoms with E-state index in [2.05, 4.69) is 0 Å². The van der Waals surface area contributed by atoms with Crippen molar-refractivity contribution in [3.05, 3.63) is 60.2 Å². The van der Waals surface area contributed by atoms with Gasteiger partial charge in [0, 0.05) is 19.3 Å². The maximum Gasteiger partial charge on any atom is 0.179 e. The Kier molecular flexibility index (Phi) is 5.04. The highest BCUT2D eigenvalue weighted by Gasteiger charge is 2.15. The highest BCUT2D eigenvalue weighted by atomic mass is 16.5. The van der Waals surface area contributed by atoms with Gasteiger partial charge in [-0.3, -0.25) is 4.79 Å². The minimum Gasteiger partial charge on any atom is -0.385 e. The summed E-state index contributed by atoms with van der Waals surface area (Å²) in [7, 11) is 1.60. The Hall–Kier alpha value is -1.97. The first kappa shape index (κ1) is 14.4. The molecule has 20 heavy (non-hydrogen) atoms. The molecule has 0 aliphatic rings. The van der Waals surface area contributed by atoms with Gasteiger partial charge in [-0.25, -0.2) is 0 Å². The Labute approximate surface area is 119 Å². The van der Waals surface area contributed by atoms with Gasteiger partial charge < -0.3 is 10.5 Å². The second kappa shape index (κ2) is 6.98. The molecule has 2 N–H and O–H groups in total. The van der Waals surface area contributed by atoms with E-state index < -0.39 is 6.04 Å².